The highest BCUT2D eigenvalue weighted by Crippen LogP contribution is 2.29. The smallest absolute Gasteiger partial charge is 0.167 e. The fourth-order valence-electron chi connectivity index (χ4n) is 4.19. The molecule has 1 aliphatic heterocycles. The molecule has 0 radical (unpaired) electrons. The van der Waals surface area contributed by atoms with Crippen LogP contribution in [0, 0.1) is 6.92 Å². The monoisotopic (exact) mass is 532 g/mol. The lowest BCUT2D eigenvalue weighted by molar-refractivity contribution is 0.0442. The topological polar surface area (TPSA) is 74.9 Å². The Morgan fingerprint density at radius 2 is 1.86 bits per heavy atom. The molecule has 0 spiro atoms. The Morgan fingerprint density at radius 1 is 1.06 bits per heavy atom. The molecule has 0 bridgehead atoms. The van der Waals surface area contributed by atoms with Crippen LogP contribution in [0.4, 0.5) is 0 Å². The third kappa shape index (κ3) is 6.14. The predicted octanol–water partition coefficient (Wildman–Crippen LogP) is 5.12. The summed E-state index contributed by atoms with van der Waals surface area (Å²) in [6.45, 7) is 7.07. The molecule has 3 heterocycles. The summed E-state index contributed by atoms with van der Waals surface area (Å²) < 4.78 is 12.5. The summed E-state index contributed by atoms with van der Waals surface area (Å²) in [5.41, 5.74) is 2.66. The molecular weight excluding hydrogens is 507 g/mol. The number of aliphatic hydroxyl groups excluding tert-OH is 1. The van der Waals surface area contributed by atoms with Gasteiger partial charge in [0.15, 0.2) is 5.76 Å². The van der Waals surface area contributed by atoms with Gasteiger partial charge in [0.25, 0.3) is 0 Å². The normalized spacial score (nSPS) is 16.1. The van der Waals surface area contributed by atoms with Crippen molar-refractivity contribution in [2.45, 2.75) is 19.6 Å². The van der Waals surface area contributed by atoms with Gasteiger partial charge in [0, 0.05) is 57.0 Å². The third-order valence-electron chi connectivity index (χ3n) is 5.99. The van der Waals surface area contributed by atoms with E-state index < -0.39 is 6.10 Å². The number of ether oxygens (including phenoxy) is 1. The maximum Gasteiger partial charge on any atom is 0.167 e. The highest BCUT2D eigenvalue weighted by atomic mass is 35.5. The Hall–Kier alpha value is -2.20. The van der Waals surface area contributed by atoms with Crippen molar-refractivity contribution in [3.05, 3.63) is 63.2 Å². The quantitative estimate of drug-likeness (QED) is 0.337. The maximum atomic E-state index is 10.5. The van der Waals surface area contributed by atoms with Gasteiger partial charge >= 0.3 is 0 Å². The van der Waals surface area contributed by atoms with Crippen LogP contribution in [0.5, 0.6) is 5.75 Å². The summed E-state index contributed by atoms with van der Waals surface area (Å²) >= 11 is 13.8. The molecule has 5 rings (SSSR count). The number of β-amino-alcohol motifs (C(OH)–C–C–N with tert-alkyl or cyclic N) is 1. The molecule has 0 aliphatic carbocycles. The first-order chi connectivity index (χ1) is 16.9. The van der Waals surface area contributed by atoms with Crippen molar-refractivity contribution < 1.29 is 14.4 Å². The average molecular weight is 533 g/mol. The van der Waals surface area contributed by atoms with Crippen LogP contribution in [0.15, 0.2) is 47.0 Å². The van der Waals surface area contributed by atoms with Crippen LogP contribution < -0.4 is 4.74 Å². The minimum atomic E-state index is -0.557. The van der Waals surface area contributed by atoms with Crippen molar-refractivity contribution >= 4 is 44.8 Å². The van der Waals surface area contributed by atoms with Crippen LogP contribution >= 0.6 is 34.5 Å². The second-order valence-corrected chi connectivity index (χ2v) is 10.8. The van der Waals surface area contributed by atoms with E-state index >= 15 is 0 Å². The van der Waals surface area contributed by atoms with Crippen LogP contribution in [0.1, 0.15) is 10.7 Å². The number of aryl methyl sites for hydroxylation is 1. The number of nitrogens with zero attached hydrogens (tertiary/aromatic N) is 4. The van der Waals surface area contributed by atoms with Crippen LogP contribution in [0.2, 0.25) is 10.0 Å². The molecular formula is C25H26Cl2N4O3S. The number of aromatic nitrogens is 2. The summed E-state index contributed by atoms with van der Waals surface area (Å²) in [6.07, 6.45) is -0.557. The number of hydrogen-bond acceptors (Lipinski definition) is 8. The van der Waals surface area contributed by atoms with Gasteiger partial charge in [-0.05, 0) is 37.3 Å². The van der Waals surface area contributed by atoms with E-state index in [0.29, 0.717) is 28.9 Å². The molecule has 7 nitrogen and oxygen atoms in total. The molecule has 4 aromatic rings. The molecule has 1 aliphatic rings. The van der Waals surface area contributed by atoms with Crippen molar-refractivity contribution in [3.63, 3.8) is 0 Å². The first-order valence-electron chi connectivity index (χ1n) is 11.5. The van der Waals surface area contributed by atoms with Gasteiger partial charge in [-0.1, -0.05) is 28.4 Å². The predicted molar refractivity (Wildman–Crippen MR) is 140 cm³/mol. The molecule has 2 aromatic carbocycles. The number of benzene rings is 2. The second-order valence-electron chi connectivity index (χ2n) is 8.72. The number of aliphatic hydroxyl groups is 1. The Kier molecular flexibility index (Phi) is 7.57. The Balaban J connectivity index is 1.06. The molecule has 184 valence electrons. The number of halogens is 2. The van der Waals surface area contributed by atoms with E-state index in [1.807, 2.05) is 37.3 Å². The summed E-state index contributed by atoms with van der Waals surface area (Å²) in [7, 11) is 0. The maximum absolute atomic E-state index is 10.5. The molecule has 1 atom stereocenters. The SMILES string of the molecule is Cc1nc2cc(OC[C@@H](O)CN3CCN(Cc4cc(-c5ccc(Cl)c(Cl)c5)on4)CC3)ccc2s1. The number of thiazole rings is 1. The Morgan fingerprint density at radius 3 is 2.66 bits per heavy atom. The van der Waals surface area contributed by atoms with Crippen LogP contribution in [0.25, 0.3) is 21.5 Å². The molecule has 1 saturated heterocycles. The molecule has 2 aromatic heterocycles. The largest absolute Gasteiger partial charge is 0.491 e. The summed E-state index contributed by atoms with van der Waals surface area (Å²) in [5, 5.41) is 16.7. The van der Waals surface area contributed by atoms with E-state index in [-0.39, 0.29) is 6.61 Å². The van der Waals surface area contributed by atoms with Crippen LogP contribution in [0.3, 0.4) is 0 Å². The molecule has 1 N–H and O–H groups in total. The van der Waals surface area contributed by atoms with Gasteiger partial charge in [-0.3, -0.25) is 9.80 Å². The second kappa shape index (κ2) is 10.8. The number of rotatable bonds is 8. The first kappa shape index (κ1) is 24.5. The van der Waals surface area contributed by atoms with Gasteiger partial charge in [-0.25, -0.2) is 4.98 Å². The average Bonchev–Trinajstić information content (AvgIpc) is 3.46. The van der Waals surface area contributed by atoms with Gasteiger partial charge in [0.2, 0.25) is 0 Å². The van der Waals surface area contributed by atoms with E-state index in [0.717, 1.165) is 58.4 Å². The Labute approximate surface area is 217 Å². The third-order valence-corrected chi connectivity index (χ3v) is 7.68. The molecule has 0 unspecified atom stereocenters. The van der Waals surface area contributed by atoms with Gasteiger partial charge in [-0.2, -0.15) is 0 Å². The van der Waals surface area contributed by atoms with Crippen molar-refractivity contribution in [3.8, 4) is 17.1 Å². The van der Waals surface area contributed by atoms with Crippen LogP contribution in [-0.2, 0) is 6.54 Å². The van der Waals surface area contributed by atoms with Crippen molar-refractivity contribution in [2.24, 2.45) is 0 Å². The van der Waals surface area contributed by atoms with Gasteiger partial charge in [-0.15, -0.1) is 11.3 Å². The van der Waals surface area contributed by atoms with E-state index in [1.54, 1.807) is 23.5 Å². The molecule has 0 amide bonds. The first-order valence-corrected chi connectivity index (χ1v) is 13.0. The van der Waals surface area contributed by atoms with Crippen molar-refractivity contribution in [1.82, 2.24) is 19.9 Å². The minimum Gasteiger partial charge on any atom is -0.491 e. The molecule has 10 heteroatoms. The Bertz CT molecular complexity index is 1300. The standard InChI is InChI=1S/C25H26Cl2N4O3S/c1-16-28-23-12-20(3-5-25(23)35-16)33-15-19(32)14-31-8-6-30(7-9-31)13-18-11-24(34-29-18)17-2-4-21(26)22(27)10-17/h2-5,10-12,19,32H,6-9,13-15H2,1H3/t19-/m0/s1. The molecule has 35 heavy (non-hydrogen) atoms. The molecule has 0 saturated carbocycles. The van der Waals surface area contributed by atoms with E-state index in [9.17, 15) is 5.11 Å². The lowest BCUT2D eigenvalue weighted by Gasteiger charge is -2.35. The zero-order chi connectivity index (χ0) is 24.4. The van der Waals surface area contributed by atoms with Gasteiger partial charge < -0.3 is 14.4 Å². The van der Waals surface area contributed by atoms with E-state index in [4.69, 9.17) is 32.5 Å². The van der Waals surface area contributed by atoms with Gasteiger partial charge in [0.05, 0.1) is 31.0 Å². The van der Waals surface area contributed by atoms with E-state index in [2.05, 4.69) is 19.9 Å². The summed E-state index contributed by atoms with van der Waals surface area (Å²) in [6, 6.07) is 13.2. The zero-order valence-electron chi connectivity index (χ0n) is 19.3. The number of fused-ring (bicyclic) bond motifs is 1. The zero-order valence-corrected chi connectivity index (χ0v) is 21.6. The lowest BCUT2D eigenvalue weighted by atomic mass is 10.1. The van der Waals surface area contributed by atoms with Crippen LogP contribution in [-0.4, -0.2) is 70.5 Å². The fraction of sp³-hybridized carbons (Fsp3) is 0.360. The van der Waals surface area contributed by atoms with Gasteiger partial charge in [0.1, 0.15) is 18.5 Å². The highest BCUT2D eigenvalue weighted by Gasteiger charge is 2.21. The van der Waals surface area contributed by atoms with E-state index in [1.165, 1.54) is 0 Å². The number of hydrogen-bond donors (Lipinski definition) is 1. The lowest BCUT2D eigenvalue weighted by Crippen LogP contribution is -2.48. The molecule has 1 fully saturated rings. The fourth-order valence-corrected chi connectivity index (χ4v) is 5.29. The summed E-state index contributed by atoms with van der Waals surface area (Å²) in [4.78, 5) is 9.10. The summed E-state index contributed by atoms with van der Waals surface area (Å²) in [5.74, 6) is 1.41. The van der Waals surface area contributed by atoms with Crippen molar-refractivity contribution in [1.29, 1.82) is 0 Å². The van der Waals surface area contributed by atoms with Crippen molar-refractivity contribution in [2.75, 3.05) is 39.3 Å². The highest BCUT2D eigenvalue weighted by molar-refractivity contribution is 7.18. The minimum absolute atomic E-state index is 0.255. The number of piperazine rings is 1.